The van der Waals surface area contributed by atoms with Crippen molar-refractivity contribution in [3.63, 3.8) is 0 Å². The number of likely N-dealkylation sites (tertiary alicyclic amines) is 1. The molecular formula is C22H23F2NO5. The SMILES string of the molecule is COc1cc(C(=O)N2CCC[C@H]2c2ccc3c(c2)OCCCO3)ccc1OC(F)F. The van der Waals surface area contributed by atoms with Crippen LogP contribution < -0.4 is 18.9 Å². The lowest BCUT2D eigenvalue weighted by Gasteiger charge is -2.26. The van der Waals surface area contributed by atoms with Crippen LogP contribution in [0.25, 0.3) is 0 Å². The minimum absolute atomic E-state index is 0.0903. The van der Waals surface area contributed by atoms with Gasteiger partial charge in [-0.05, 0) is 48.7 Å². The molecule has 4 rings (SSSR count). The van der Waals surface area contributed by atoms with Gasteiger partial charge in [-0.2, -0.15) is 8.78 Å². The molecule has 1 amide bonds. The molecule has 1 saturated heterocycles. The lowest BCUT2D eigenvalue weighted by atomic mass is 10.0. The van der Waals surface area contributed by atoms with Crippen LogP contribution in [0.5, 0.6) is 23.0 Å². The number of carbonyl (C=O) groups is 1. The molecule has 2 aliphatic heterocycles. The lowest BCUT2D eigenvalue weighted by Crippen LogP contribution is -2.30. The molecule has 0 aromatic heterocycles. The number of hydrogen-bond acceptors (Lipinski definition) is 5. The summed E-state index contributed by atoms with van der Waals surface area (Å²) in [5, 5.41) is 0. The molecule has 1 atom stereocenters. The van der Waals surface area contributed by atoms with Crippen LogP contribution in [0.1, 0.15) is 41.2 Å². The number of fused-ring (bicyclic) bond motifs is 1. The summed E-state index contributed by atoms with van der Waals surface area (Å²) < 4.78 is 46.1. The van der Waals surface area contributed by atoms with Crippen LogP contribution in [-0.4, -0.2) is 44.3 Å². The number of halogens is 2. The van der Waals surface area contributed by atoms with Crippen LogP contribution >= 0.6 is 0 Å². The molecule has 0 radical (unpaired) electrons. The molecule has 2 aromatic rings. The first kappa shape index (κ1) is 20.3. The monoisotopic (exact) mass is 419 g/mol. The van der Waals surface area contributed by atoms with Crippen LogP contribution in [-0.2, 0) is 0 Å². The number of rotatable bonds is 5. The Morgan fingerprint density at radius 2 is 1.87 bits per heavy atom. The highest BCUT2D eigenvalue weighted by atomic mass is 19.3. The van der Waals surface area contributed by atoms with Gasteiger partial charge in [0.15, 0.2) is 23.0 Å². The first-order valence-electron chi connectivity index (χ1n) is 9.90. The average molecular weight is 419 g/mol. The van der Waals surface area contributed by atoms with Gasteiger partial charge in [0.1, 0.15) is 0 Å². The van der Waals surface area contributed by atoms with E-state index >= 15 is 0 Å². The predicted octanol–water partition coefficient (Wildman–Crippen LogP) is 4.44. The van der Waals surface area contributed by atoms with Crippen molar-refractivity contribution >= 4 is 5.91 Å². The molecule has 0 aliphatic carbocycles. The Hall–Kier alpha value is -3.03. The molecule has 0 saturated carbocycles. The van der Waals surface area contributed by atoms with Crippen LogP contribution in [0.3, 0.4) is 0 Å². The number of hydrogen-bond donors (Lipinski definition) is 0. The smallest absolute Gasteiger partial charge is 0.387 e. The van der Waals surface area contributed by atoms with E-state index in [-0.39, 0.29) is 23.4 Å². The molecule has 8 heteroatoms. The van der Waals surface area contributed by atoms with Crippen LogP contribution in [0.4, 0.5) is 8.78 Å². The largest absolute Gasteiger partial charge is 0.493 e. The van der Waals surface area contributed by atoms with Gasteiger partial charge in [-0.1, -0.05) is 6.07 Å². The Morgan fingerprint density at radius 1 is 1.07 bits per heavy atom. The van der Waals surface area contributed by atoms with Crippen molar-refractivity contribution < 1.29 is 32.5 Å². The summed E-state index contributed by atoms with van der Waals surface area (Å²) in [6, 6.07) is 9.93. The van der Waals surface area contributed by atoms with Crippen molar-refractivity contribution in [3.05, 3.63) is 47.5 Å². The van der Waals surface area contributed by atoms with Gasteiger partial charge in [0.25, 0.3) is 5.91 Å². The molecule has 30 heavy (non-hydrogen) atoms. The molecule has 2 aliphatic rings. The fraction of sp³-hybridized carbons (Fsp3) is 0.409. The minimum Gasteiger partial charge on any atom is -0.493 e. The molecule has 0 N–H and O–H groups in total. The maximum absolute atomic E-state index is 13.2. The van der Waals surface area contributed by atoms with Gasteiger partial charge in [-0.3, -0.25) is 4.79 Å². The topological polar surface area (TPSA) is 57.2 Å². The van der Waals surface area contributed by atoms with E-state index in [4.69, 9.17) is 14.2 Å². The number of nitrogens with zero attached hydrogens (tertiary/aromatic N) is 1. The second kappa shape index (κ2) is 8.77. The molecular weight excluding hydrogens is 396 g/mol. The van der Waals surface area contributed by atoms with Gasteiger partial charge in [0.2, 0.25) is 0 Å². The van der Waals surface area contributed by atoms with Gasteiger partial charge < -0.3 is 23.8 Å². The second-order valence-corrected chi connectivity index (χ2v) is 7.16. The fourth-order valence-electron chi connectivity index (χ4n) is 3.90. The van der Waals surface area contributed by atoms with Crippen molar-refractivity contribution in [2.75, 3.05) is 26.9 Å². The third kappa shape index (κ3) is 4.13. The molecule has 0 bridgehead atoms. The molecule has 6 nitrogen and oxygen atoms in total. The summed E-state index contributed by atoms with van der Waals surface area (Å²) in [5.41, 5.74) is 1.34. The molecule has 1 fully saturated rings. The van der Waals surface area contributed by atoms with Crippen LogP contribution in [0.15, 0.2) is 36.4 Å². The fourth-order valence-corrected chi connectivity index (χ4v) is 3.90. The van der Waals surface area contributed by atoms with E-state index in [2.05, 4.69) is 4.74 Å². The zero-order valence-corrected chi connectivity index (χ0v) is 16.6. The van der Waals surface area contributed by atoms with E-state index in [0.29, 0.717) is 36.8 Å². The highest BCUT2D eigenvalue weighted by molar-refractivity contribution is 5.95. The Labute approximate surface area is 173 Å². The van der Waals surface area contributed by atoms with Crippen LogP contribution in [0.2, 0.25) is 0 Å². The molecule has 2 heterocycles. The summed E-state index contributed by atoms with van der Waals surface area (Å²) in [7, 11) is 1.35. The summed E-state index contributed by atoms with van der Waals surface area (Å²) >= 11 is 0. The van der Waals surface area contributed by atoms with E-state index in [9.17, 15) is 13.6 Å². The maximum Gasteiger partial charge on any atom is 0.387 e. The van der Waals surface area contributed by atoms with Gasteiger partial charge in [0.05, 0.1) is 26.4 Å². The quantitative estimate of drug-likeness (QED) is 0.718. The summed E-state index contributed by atoms with van der Waals surface area (Å²) in [6.45, 7) is -1.15. The number of amides is 1. The third-order valence-electron chi connectivity index (χ3n) is 5.30. The summed E-state index contributed by atoms with van der Waals surface area (Å²) in [4.78, 5) is 15.0. The predicted molar refractivity (Wildman–Crippen MR) is 105 cm³/mol. The van der Waals surface area contributed by atoms with Crippen molar-refractivity contribution in [2.24, 2.45) is 0 Å². The number of methoxy groups -OCH3 is 1. The zero-order valence-electron chi connectivity index (χ0n) is 16.6. The number of carbonyl (C=O) groups excluding carboxylic acids is 1. The summed E-state index contributed by atoms with van der Waals surface area (Å²) in [5.74, 6) is 1.20. The van der Waals surface area contributed by atoms with Gasteiger partial charge >= 0.3 is 6.61 Å². The maximum atomic E-state index is 13.2. The van der Waals surface area contributed by atoms with E-state index in [1.165, 1.54) is 25.3 Å². The van der Waals surface area contributed by atoms with Gasteiger partial charge in [-0.25, -0.2) is 0 Å². The van der Waals surface area contributed by atoms with Crippen molar-refractivity contribution in [1.29, 1.82) is 0 Å². The summed E-state index contributed by atoms with van der Waals surface area (Å²) in [6.07, 6.45) is 2.52. The van der Waals surface area contributed by atoms with E-state index in [0.717, 1.165) is 24.8 Å². The molecule has 0 unspecified atom stereocenters. The van der Waals surface area contributed by atoms with Crippen LogP contribution in [0, 0.1) is 0 Å². The molecule has 2 aromatic carbocycles. The van der Waals surface area contributed by atoms with E-state index in [1.54, 1.807) is 4.90 Å². The van der Waals surface area contributed by atoms with Gasteiger partial charge in [0, 0.05) is 18.5 Å². The van der Waals surface area contributed by atoms with Gasteiger partial charge in [-0.15, -0.1) is 0 Å². The zero-order chi connectivity index (χ0) is 21.1. The third-order valence-corrected chi connectivity index (χ3v) is 5.30. The normalized spacial score (nSPS) is 18.3. The minimum atomic E-state index is -2.97. The first-order chi connectivity index (χ1) is 14.6. The Bertz CT molecular complexity index is 920. The first-order valence-corrected chi connectivity index (χ1v) is 9.90. The standard InChI is InChI=1S/C22H23F2NO5/c1-27-19-13-15(6-8-18(19)30-22(23)24)21(26)25-9-2-4-16(25)14-5-7-17-20(12-14)29-11-3-10-28-17/h5-8,12-13,16,22H,2-4,9-11H2,1H3/t16-/m0/s1. The number of alkyl halides is 2. The molecule has 0 spiro atoms. The lowest BCUT2D eigenvalue weighted by molar-refractivity contribution is -0.0512. The van der Waals surface area contributed by atoms with Crippen molar-refractivity contribution in [3.8, 4) is 23.0 Å². The van der Waals surface area contributed by atoms with Crippen molar-refractivity contribution in [1.82, 2.24) is 4.90 Å². The second-order valence-electron chi connectivity index (χ2n) is 7.16. The number of benzene rings is 2. The highest BCUT2D eigenvalue weighted by Crippen LogP contribution is 2.39. The Balaban J connectivity index is 1.58. The van der Waals surface area contributed by atoms with E-state index in [1.807, 2.05) is 18.2 Å². The Morgan fingerprint density at radius 3 is 2.63 bits per heavy atom. The average Bonchev–Trinajstić information content (AvgIpc) is 3.11. The Kier molecular flexibility index (Phi) is 5.92. The molecule has 160 valence electrons. The van der Waals surface area contributed by atoms with Crippen molar-refractivity contribution in [2.45, 2.75) is 31.9 Å². The number of ether oxygens (including phenoxy) is 4. The highest BCUT2D eigenvalue weighted by Gasteiger charge is 2.32. The van der Waals surface area contributed by atoms with E-state index < -0.39 is 6.61 Å².